The van der Waals surface area contributed by atoms with Crippen molar-refractivity contribution in [3.63, 3.8) is 0 Å². The zero-order valence-electron chi connectivity index (χ0n) is 13.8. The Morgan fingerprint density at radius 2 is 1.85 bits per heavy atom. The van der Waals surface area contributed by atoms with E-state index in [0.29, 0.717) is 17.4 Å². The van der Waals surface area contributed by atoms with Gasteiger partial charge in [0.05, 0.1) is 4.92 Å². The Bertz CT molecular complexity index is 933. The van der Waals surface area contributed by atoms with E-state index in [1.807, 2.05) is 25.1 Å². The number of aromatic nitrogens is 3. The molecule has 1 aromatic carbocycles. The van der Waals surface area contributed by atoms with Crippen molar-refractivity contribution in [2.45, 2.75) is 13.5 Å². The van der Waals surface area contributed by atoms with Crippen molar-refractivity contribution < 1.29 is 4.92 Å². The highest BCUT2D eigenvalue weighted by atomic mass is 35.5. The first-order valence-corrected chi connectivity index (χ1v) is 8.09. The zero-order chi connectivity index (χ0) is 18.5. The average Bonchev–Trinajstić information content (AvgIpc) is 2.61. The van der Waals surface area contributed by atoms with E-state index in [-0.39, 0.29) is 17.3 Å². The smallest absolute Gasteiger partial charge is 0.353 e. The zero-order valence-corrected chi connectivity index (χ0v) is 14.6. The fourth-order valence-corrected chi connectivity index (χ4v) is 2.42. The van der Waals surface area contributed by atoms with Crippen molar-refractivity contribution in [1.82, 2.24) is 15.0 Å². The molecule has 0 spiro atoms. The predicted octanol–water partition coefficient (Wildman–Crippen LogP) is 4.10. The Hall–Kier alpha value is -3.26. The molecule has 0 atom stereocenters. The Balaban J connectivity index is 1.85. The van der Waals surface area contributed by atoms with E-state index in [1.54, 1.807) is 24.3 Å². The summed E-state index contributed by atoms with van der Waals surface area (Å²) < 4.78 is 0. The molecule has 2 heterocycles. The fourth-order valence-electron chi connectivity index (χ4n) is 2.29. The lowest BCUT2D eigenvalue weighted by atomic mass is 10.2. The fraction of sp³-hybridized carbons (Fsp3) is 0.118. The predicted molar refractivity (Wildman–Crippen MR) is 99.7 cm³/mol. The number of hydrogen-bond acceptors (Lipinski definition) is 7. The van der Waals surface area contributed by atoms with Gasteiger partial charge in [0.2, 0.25) is 11.6 Å². The molecule has 9 heteroatoms. The summed E-state index contributed by atoms with van der Waals surface area (Å²) in [5, 5.41) is 18.0. The summed E-state index contributed by atoms with van der Waals surface area (Å²) in [6.07, 6.45) is 1.26. The monoisotopic (exact) mass is 370 g/mol. The third-order valence-electron chi connectivity index (χ3n) is 3.51. The van der Waals surface area contributed by atoms with Gasteiger partial charge in [0.15, 0.2) is 0 Å². The van der Waals surface area contributed by atoms with Gasteiger partial charge in [-0.2, -0.15) is 0 Å². The minimum absolute atomic E-state index is 0.0710. The number of aryl methyl sites for hydroxylation is 1. The molecule has 0 aliphatic rings. The van der Waals surface area contributed by atoms with Gasteiger partial charge in [-0.25, -0.2) is 15.0 Å². The standard InChI is InChI=1S/C17H15ClN6O2/c1-11-3-2-4-14(22-11)23-17-15(24(25)26)16(20-10-21-17)19-9-12-5-7-13(18)8-6-12/h2-8,10H,9H2,1H3,(H2,19,20,21,22,23). The van der Waals surface area contributed by atoms with Gasteiger partial charge in [-0.15, -0.1) is 0 Å². The van der Waals surface area contributed by atoms with Crippen molar-refractivity contribution in [3.05, 3.63) is 75.2 Å². The largest absolute Gasteiger partial charge is 0.360 e. The van der Waals surface area contributed by atoms with E-state index in [4.69, 9.17) is 11.6 Å². The second-order valence-electron chi connectivity index (χ2n) is 5.45. The number of anilines is 3. The third kappa shape index (κ3) is 4.22. The van der Waals surface area contributed by atoms with Gasteiger partial charge in [-0.1, -0.05) is 29.8 Å². The van der Waals surface area contributed by atoms with Gasteiger partial charge in [0, 0.05) is 17.3 Å². The number of halogens is 1. The lowest BCUT2D eigenvalue weighted by molar-refractivity contribution is -0.383. The molecule has 0 aliphatic carbocycles. The van der Waals surface area contributed by atoms with Crippen LogP contribution in [0.5, 0.6) is 0 Å². The van der Waals surface area contributed by atoms with Crippen LogP contribution >= 0.6 is 11.6 Å². The first-order chi connectivity index (χ1) is 12.5. The molecule has 3 rings (SSSR count). The Morgan fingerprint density at radius 3 is 2.54 bits per heavy atom. The number of benzene rings is 1. The van der Waals surface area contributed by atoms with Gasteiger partial charge in [0.1, 0.15) is 12.1 Å². The molecule has 0 bridgehead atoms. The minimum atomic E-state index is -0.525. The van der Waals surface area contributed by atoms with Crippen LogP contribution in [-0.4, -0.2) is 19.9 Å². The molecule has 0 aliphatic heterocycles. The van der Waals surface area contributed by atoms with Gasteiger partial charge in [0.25, 0.3) is 0 Å². The second kappa shape index (κ2) is 7.75. The normalized spacial score (nSPS) is 10.4. The Labute approximate surface area is 154 Å². The van der Waals surface area contributed by atoms with Crippen LogP contribution in [0.25, 0.3) is 0 Å². The average molecular weight is 371 g/mol. The Morgan fingerprint density at radius 1 is 1.12 bits per heavy atom. The number of hydrogen-bond donors (Lipinski definition) is 2. The molecule has 8 nitrogen and oxygen atoms in total. The summed E-state index contributed by atoms with van der Waals surface area (Å²) in [4.78, 5) is 23.3. The molecule has 2 aromatic heterocycles. The molecule has 0 saturated heterocycles. The van der Waals surface area contributed by atoms with E-state index in [2.05, 4.69) is 25.6 Å². The summed E-state index contributed by atoms with van der Waals surface area (Å²) in [5.74, 6) is 0.660. The highest BCUT2D eigenvalue weighted by molar-refractivity contribution is 6.30. The van der Waals surface area contributed by atoms with Crippen LogP contribution in [0.1, 0.15) is 11.3 Å². The quantitative estimate of drug-likeness (QED) is 0.497. The molecule has 132 valence electrons. The summed E-state index contributed by atoms with van der Waals surface area (Å²) in [6.45, 7) is 2.19. The second-order valence-corrected chi connectivity index (χ2v) is 5.88. The molecular weight excluding hydrogens is 356 g/mol. The van der Waals surface area contributed by atoms with Crippen LogP contribution in [0, 0.1) is 17.0 Å². The van der Waals surface area contributed by atoms with E-state index < -0.39 is 4.92 Å². The highest BCUT2D eigenvalue weighted by Gasteiger charge is 2.23. The van der Waals surface area contributed by atoms with Crippen molar-refractivity contribution in [2.75, 3.05) is 10.6 Å². The number of nitro groups is 1. The van der Waals surface area contributed by atoms with E-state index in [0.717, 1.165) is 11.3 Å². The van der Waals surface area contributed by atoms with Gasteiger partial charge < -0.3 is 10.6 Å². The molecule has 0 radical (unpaired) electrons. The van der Waals surface area contributed by atoms with Crippen LogP contribution in [0.15, 0.2) is 48.8 Å². The molecular formula is C17H15ClN6O2. The first-order valence-electron chi connectivity index (χ1n) is 7.71. The van der Waals surface area contributed by atoms with Gasteiger partial charge in [-0.05, 0) is 36.8 Å². The minimum Gasteiger partial charge on any atom is -0.360 e. The maximum absolute atomic E-state index is 11.6. The number of nitrogens with zero attached hydrogens (tertiary/aromatic N) is 4. The molecule has 0 fully saturated rings. The van der Waals surface area contributed by atoms with Crippen molar-refractivity contribution in [2.24, 2.45) is 0 Å². The maximum Gasteiger partial charge on any atom is 0.353 e. The summed E-state index contributed by atoms with van der Waals surface area (Å²) in [5.41, 5.74) is 1.45. The third-order valence-corrected chi connectivity index (χ3v) is 3.76. The molecule has 2 N–H and O–H groups in total. The van der Waals surface area contributed by atoms with Crippen molar-refractivity contribution >= 4 is 34.7 Å². The Kier molecular flexibility index (Phi) is 5.23. The number of pyridine rings is 1. The summed E-state index contributed by atoms with van der Waals surface area (Å²) >= 11 is 5.86. The molecule has 26 heavy (non-hydrogen) atoms. The maximum atomic E-state index is 11.6. The lowest BCUT2D eigenvalue weighted by Gasteiger charge is -2.10. The molecule has 0 unspecified atom stereocenters. The summed E-state index contributed by atoms with van der Waals surface area (Å²) in [7, 11) is 0. The van der Waals surface area contributed by atoms with E-state index in [9.17, 15) is 10.1 Å². The first kappa shape index (κ1) is 17.6. The van der Waals surface area contributed by atoms with E-state index >= 15 is 0 Å². The van der Waals surface area contributed by atoms with E-state index in [1.165, 1.54) is 6.33 Å². The van der Waals surface area contributed by atoms with Gasteiger partial charge >= 0.3 is 5.69 Å². The molecule has 0 amide bonds. The summed E-state index contributed by atoms with van der Waals surface area (Å²) in [6, 6.07) is 12.5. The SMILES string of the molecule is Cc1cccc(Nc2ncnc(NCc3ccc(Cl)cc3)c2[N+](=O)[O-])n1. The van der Waals surface area contributed by atoms with Crippen LogP contribution in [0.2, 0.25) is 5.02 Å². The van der Waals surface area contributed by atoms with Crippen LogP contribution < -0.4 is 10.6 Å². The number of nitrogens with one attached hydrogen (secondary N) is 2. The van der Waals surface area contributed by atoms with Crippen LogP contribution in [0.4, 0.5) is 23.1 Å². The number of rotatable bonds is 6. The lowest BCUT2D eigenvalue weighted by Crippen LogP contribution is -2.08. The van der Waals surface area contributed by atoms with Crippen molar-refractivity contribution in [1.29, 1.82) is 0 Å². The van der Waals surface area contributed by atoms with Crippen molar-refractivity contribution in [3.8, 4) is 0 Å². The van der Waals surface area contributed by atoms with Crippen LogP contribution in [-0.2, 0) is 6.54 Å². The molecule has 0 saturated carbocycles. The van der Waals surface area contributed by atoms with Gasteiger partial charge in [-0.3, -0.25) is 10.1 Å². The topological polar surface area (TPSA) is 106 Å². The van der Waals surface area contributed by atoms with Crippen LogP contribution in [0.3, 0.4) is 0 Å². The molecule has 3 aromatic rings. The highest BCUT2D eigenvalue weighted by Crippen LogP contribution is 2.31.